The molecule has 0 atom stereocenters. The number of hydrogen-bond donors (Lipinski definition) is 0. The summed E-state index contributed by atoms with van der Waals surface area (Å²) in [6, 6.07) is 15.5. The van der Waals surface area contributed by atoms with Gasteiger partial charge in [-0.1, -0.05) is 24.3 Å². The molecule has 0 bridgehead atoms. The normalized spacial score (nSPS) is 13.9. The molecule has 0 saturated heterocycles. The summed E-state index contributed by atoms with van der Waals surface area (Å²) in [4.78, 5) is 3.79. The van der Waals surface area contributed by atoms with Crippen molar-refractivity contribution in [2.75, 3.05) is 31.1 Å². The fourth-order valence-corrected chi connectivity index (χ4v) is 4.36. The first-order valence-electron chi connectivity index (χ1n) is 8.04. The fraction of sp³-hybridized carbons (Fsp3) is 0.333. The van der Waals surface area contributed by atoms with E-state index in [1.54, 1.807) is 0 Å². The number of nitrogens with zero attached hydrogens (tertiary/aromatic N) is 2. The van der Waals surface area contributed by atoms with Crippen LogP contribution in [0.4, 0.5) is 11.4 Å². The first kappa shape index (κ1) is 18.9. The van der Waals surface area contributed by atoms with Crippen LogP contribution in [0.15, 0.2) is 58.3 Å². The van der Waals surface area contributed by atoms with Crippen molar-refractivity contribution in [1.82, 2.24) is 0 Å². The van der Waals surface area contributed by atoms with Gasteiger partial charge >= 0.3 is 0 Å². The molecule has 1 heterocycles. The van der Waals surface area contributed by atoms with Gasteiger partial charge in [-0.25, -0.2) is 4.21 Å². The predicted octanol–water partition coefficient (Wildman–Crippen LogP) is 4.08. The highest BCUT2D eigenvalue weighted by Crippen LogP contribution is 2.41. The Morgan fingerprint density at radius 1 is 0.958 bits per heavy atom. The summed E-state index contributed by atoms with van der Waals surface area (Å²) in [7, 11) is -1.16. The molecule has 24 heavy (non-hydrogen) atoms. The molecular weight excluding hydrogens is 344 g/mol. The Kier molecular flexibility index (Phi) is 6.04. The van der Waals surface area contributed by atoms with E-state index in [9.17, 15) is 9.42 Å². The molecule has 0 N–H and O–H groups in total. The molecular formula is C18H23ClN2O2S. The van der Waals surface area contributed by atoms with Crippen molar-refractivity contribution in [3.8, 4) is 0 Å². The number of anilines is 2. The standard InChI is InChI=1S/C18H22N2O2S.ClH/c1-3-20(21,4-2)14-13-19-15-9-5-7-11-17(15)23(22)18-12-8-6-10-16(18)19;/h5-12H,3-4,13-14H2,1-2H3;1H. The van der Waals surface area contributed by atoms with Crippen molar-refractivity contribution in [2.45, 2.75) is 23.6 Å². The van der Waals surface area contributed by atoms with Crippen LogP contribution in [0.2, 0.25) is 0 Å². The minimum Gasteiger partial charge on any atom is -0.633 e. The number of para-hydroxylation sites is 2. The Morgan fingerprint density at radius 2 is 1.42 bits per heavy atom. The number of likely N-dealkylation sites (N-methyl/N-ethyl adjacent to an activating group) is 1. The van der Waals surface area contributed by atoms with Crippen LogP contribution in [0, 0.1) is 5.21 Å². The third-order valence-electron chi connectivity index (χ3n) is 4.60. The lowest BCUT2D eigenvalue weighted by atomic mass is 10.2. The Morgan fingerprint density at radius 3 is 1.88 bits per heavy atom. The van der Waals surface area contributed by atoms with Gasteiger partial charge in [-0.05, 0) is 38.1 Å². The van der Waals surface area contributed by atoms with E-state index in [-0.39, 0.29) is 17.1 Å². The second-order valence-electron chi connectivity index (χ2n) is 5.77. The van der Waals surface area contributed by atoms with Gasteiger partial charge in [0, 0.05) is 0 Å². The minimum atomic E-state index is -1.16. The molecule has 6 heteroatoms. The van der Waals surface area contributed by atoms with Gasteiger partial charge < -0.3 is 14.8 Å². The molecule has 0 aromatic heterocycles. The van der Waals surface area contributed by atoms with Gasteiger partial charge in [0.1, 0.15) is 0 Å². The zero-order valence-corrected chi connectivity index (χ0v) is 15.6. The molecule has 0 radical (unpaired) electrons. The number of benzene rings is 2. The van der Waals surface area contributed by atoms with Gasteiger partial charge in [-0.2, -0.15) is 0 Å². The highest BCUT2D eigenvalue weighted by molar-refractivity contribution is 7.85. The van der Waals surface area contributed by atoms with Crippen molar-refractivity contribution in [2.24, 2.45) is 0 Å². The van der Waals surface area contributed by atoms with Crippen LogP contribution < -0.4 is 4.90 Å². The summed E-state index contributed by atoms with van der Waals surface area (Å²) in [6.45, 7) is 6.14. The molecule has 2 aromatic carbocycles. The topological polar surface area (TPSA) is 43.4 Å². The van der Waals surface area contributed by atoms with Crippen LogP contribution in [-0.2, 0) is 10.8 Å². The van der Waals surface area contributed by atoms with Gasteiger partial charge in [0.25, 0.3) is 0 Å². The quantitative estimate of drug-likeness (QED) is 0.591. The lowest BCUT2D eigenvalue weighted by Crippen LogP contribution is -2.46. The summed E-state index contributed by atoms with van der Waals surface area (Å²) in [5.41, 5.74) is 1.89. The first-order valence-corrected chi connectivity index (χ1v) is 9.19. The molecule has 2 aromatic rings. The molecule has 0 unspecified atom stereocenters. The van der Waals surface area contributed by atoms with E-state index >= 15 is 0 Å². The molecule has 3 rings (SSSR count). The van der Waals surface area contributed by atoms with E-state index in [1.807, 2.05) is 62.4 Å². The summed E-state index contributed by atoms with van der Waals surface area (Å²) >= 11 is 0. The second-order valence-corrected chi connectivity index (χ2v) is 7.19. The Balaban J connectivity index is 0.00000208. The molecule has 0 amide bonds. The van der Waals surface area contributed by atoms with Gasteiger partial charge in [-0.3, -0.25) is 0 Å². The van der Waals surface area contributed by atoms with Crippen molar-refractivity contribution in [3.05, 3.63) is 53.7 Å². The number of halogens is 1. The Hall–Kier alpha value is -1.40. The van der Waals surface area contributed by atoms with Crippen LogP contribution in [0.1, 0.15) is 13.8 Å². The van der Waals surface area contributed by atoms with Crippen molar-refractivity contribution in [3.63, 3.8) is 0 Å². The van der Waals surface area contributed by atoms with Crippen LogP contribution in [0.5, 0.6) is 0 Å². The van der Waals surface area contributed by atoms with Crippen molar-refractivity contribution >= 4 is 34.6 Å². The predicted molar refractivity (Wildman–Crippen MR) is 101 cm³/mol. The van der Waals surface area contributed by atoms with Crippen LogP contribution in [-0.4, -0.2) is 35.0 Å². The Labute approximate surface area is 152 Å². The van der Waals surface area contributed by atoms with Crippen molar-refractivity contribution < 1.29 is 8.86 Å². The van der Waals surface area contributed by atoms with E-state index in [0.29, 0.717) is 26.2 Å². The first-order chi connectivity index (χ1) is 11.1. The fourth-order valence-electron chi connectivity index (χ4n) is 2.99. The molecule has 0 spiro atoms. The highest BCUT2D eigenvalue weighted by atomic mass is 35.5. The smallest absolute Gasteiger partial charge is 0.0966 e. The lowest BCUT2D eigenvalue weighted by molar-refractivity contribution is -0.875. The van der Waals surface area contributed by atoms with Gasteiger partial charge in [0.15, 0.2) is 0 Å². The third-order valence-corrected chi connectivity index (χ3v) is 6.08. The lowest BCUT2D eigenvalue weighted by Gasteiger charge is -2.43. The van der Waals surface area contributed by atoms with E-state index in [4.69, 9.17) is 0 Å². The summed E-state index contributed by atoms with van der Waals surface area (Å²) in [5.74, 6) is 0. The molecule has 0 aliphatic carbocycles. The zero-order valence-electron chi connectivity index (χ0n) is 14.0. The molecule has 4 nitrogen and oxygen atoms in total. The third kappa shape index (κ3) is 3.35. The van der Waals surface area contributed by atoms with Crippen LogP contribution in [0.3, 0.4) is 0 Å². The summed E-state index contributed by atoms with van der Waals surface area (Å²) < 4.78 is 12.6. The van der Waals surface area contributed by atoms with E-state index in [2.05, 4.69) is 4.90 Å². The van der Waals surface area contributed by atoms with Gasteiger partial charge in [0.2, 0.25) is 0 Å². The van der Waals surface area contributed by atoms with Crippen LogP contribution >= 0.6 is 12.4 Å². The van der Waals surface area contributed by atoms with Gasteiger partial charge in [0.05, 0.1) is 58.1 Å². The maximum atomic E-state index is 12.8. The number of hydrogen-bond acceptors (Lipinski definition) is 3. The van der Waals surface area contributed by atoms with Crippen molar-refractivity contribution in [1.29, 1.82) is 0 Å². The maximum Gasteiger partial charge on any atom is 0.0966 e. The van der Waals surface area contributed by atoms with E-state index in [1.165, 1.54) is 0 Å². The Bertz CT molecular complexity index is 685. The number of fused-ring (bicyclic) bond motifs is 2. The molecule has 1 aliphatic heterocycles. The number of hydroxylamine groups is 3. The second kappa shape index (κ2) is 7.66. The number of rotatable bonds is 5. The SMILES string of the molecule is CC[N+]([O-])(CC)CCN1c2ccccc2S(=O)c2ccccc21.Cl. The molecule has 0 fully saturated rings. The van der Waals surface area contributed by atoms with E-state index < -0.39 is 10.8 Å². The molecule has 0 saturated carbocycles. The average Bonchev–Trinajstić information content (AvgIpc) is 2.61. The largest absolute Gasteiger partial charge is 0.633 e. The highest BCUT2D eigenvalue weighted by Gasteiger charge is 2.28. The van der Waals surface area contributed by atoms with Crippen LogP contribution in [0.25, 0.3) is 0 Å². The zero-order chi connectivity index (χ0) is 16.4. The number of quaternary nitrogens is 1. The molecule has 1 aliphatic rings. The van der Waals surface area contributed by atoms with Gasteiger partial charge in [-0.15, -0.1) is 12.4 Å². The monoisotopic (exact) mass is 366 g/mol. The summed E-state index contributed by atoms with van der Waals surface area (Å²) in [5, 5.41) is 12.6. The summed E-state index contributed by atoms with van der Waals surface area (Å²) in [6.07, 6.45) is 0. The molecule has 130 valence electrons. The average molecular weight is 367 g/mol. The van der Waals surface area contributed by atoms with E-state index in [0.717, 1.165) is 21.2 Å². The minimum absolute atomic E-state index is 0. The maximum absolute atomic E-state index is 12.8.